The summed E-state index contributed by atoms with van der Waals surface area (Å²) >= 11 is 3.40. The molecule has 4 rings (SSSR count). The van der Waals surface area contributed by atoms with E-state index >= 15 is 0 Å². The Morgan fingerprint density at radius 1 is 1.25 bits per heavy atom. The van der Waals surface area contributed by atoms with Crippen molar-refractivity contribution in [3.05, 3.63) is 16.3 Å². The number of hydrogen-bond acceptors (Lipinski definition) is 5. The summed E-state index contributed by atoms with van der Waals surface area (Å²) in [5.41, 5.74) is 1.43. The lowest BCUT2D eigenvalue weighted by Crippen LogP contribution is -2.37. The minimum atomic E-state index is -0.125. The lowest BCUT2D eigenvalue weighted by Gasteiger charge is -2.16. The molecule has 0 saturated heterocycles. The van der Waals surface area contributed by atoms with Gasteiger partial charge < -0.3 is 5.32 Å². The first kappa shape index (κ1) is 16.3. The van der Waals surface area contributed by atoms with E-state index in [-0.39, 0.29) is 11.2 Å². The molecule has 1 saturated carbocycles. The maximum absolute atomic E-state index is 12.5. The summed E-state index contributed by atoms with van der Waals surface area (Å²) < 4.78 is 0. The van der Waals surface area contributed by atoms with Gasteiger partial charge in [0.25, 0.3) is 0 Å². The van der Waals surface area contributed by atoms with Gasteiger partial charge in [0.1, 0.15) is 15.7 Å². The first-order valence-electron chi connectivity index (χ1n) is 8.87. The van der Waals surface area contributed by atoms with Crippen molar-refractivity contribution in [2.24, 2.45) is 0 Å². The topological polar surface area (TPSA) is 54.9 Å². The van der Waals surface area contributed by atoms with Gasteiger partial charge in [-0.25, -0.2) is 9.97 Å². The maximum atomic E-state index is 12.5. The van der Waals surface area contributed by atoms with E-state index in [4.69, 9.17) is 0 Å². The van der Waals surface area contributed by atoms with Gasteiger partial charge in [-0.05, 0) is 51.5 Å². The number of hydrogen-bond donors (Lipinski definition) is 1. The lowest BCUT2D eigenvalue weighted by molar-refractivity contribution is -0.120. The average Bonchev–Trinajstić information content (AvgIpc) is 3.23. The van der Waals surface area contributed by atoms with Crippen LogP contribution in [0.2, 0.25) is 0 Å². The Hall–Kier alpha value is -1.14. The number of thiophene rings is 1. The van der Waals surface area contributed by atoms with Crippen LogP contribution in [-0.2, 0) is 17.6 Å². The van der Waals surface area contributed by atoms with Gasteiger partial charge in [-0.1, -0.05) is 24.6 Å². The van der Waals surface area contributed by atoms with Crippen LogP contribution in [0.15, 0.2) is 5.03 Å². The molecule has 6 heteroatoms. The van der Waals surface area contributed by atoms with Gasteiger partial charge in [-0.15, -0.1) is 11.3 Å². The van der Waals surface area contributed by atoms with Gasteiger partial charge >= 0.3 is 0 Å². The molecule has 0 bridgehead atoms. The molecule has 0 unspecified atom stereocenters. The number of rotatable bonds is 4. The Kier molecular flexibility index (Phi) is 4.52. The predicted molar refractivity (Wildman–Crippen MR) is 99.9 cm³/mol. The Bertz CT molecular complexity index is 780. The van der Waals surface area contributed by atoms with E-state index in [1.807, 2.05) is 25.2 Å². The molecule has 1 fully saturated rings. The first-order valence-corrected chi connectivity index (χ1v) is 10.6. The summed E-state index contributed by atoms with van der Waals surface area (Å²) in [6.45, 7) is 3.93. The van der Waals surface area contributed by atoms with Gasteiger partial charge in [0.2, 0.25) is 5.91 Å². The van der Waals surface area contributed by atoms with Crippen molar-refractivity contribution in [1.82, 2.24) is 15.3 Å². The van der Waals surface area contributed by atoms with Crippen LogP contribution in [0.4, 0.5) is 0 Å². The zero-order valence-electron chi connectivity index (χ0n) is 14.2. The summed E-state index contributed by atoms with van der Waals surface area (Å²) in [6, 6.07) is 0.373. The third-order valence-electron chi connectivity index (χ3n) is 5.00. The van der Waals surface area contributed by atoms with E-state index in [0.29, 0.717) is 6.04 Å². The molecule has 2 aliphatic carbocycles. The molecule has 0 spiro atoms. The smallest absolute Gasteiger partial charge is 0.233 e. The quantitative estimate of drug-likeness (QED) is 0.660. The van der Waals surface area contributed by atoms with E-state index in [1.165, 1.54) is 35.1 Å². The number of carbonyl (C=O) groups is 1. The fourth-order valence-corrected chi connectivity index (χ4v) is 6.16. The molecule has 4 nitrogen and oxygen atoms in total. The van der Waals surface area contributed by atoms with Gasteiger partial charge in [-0.2, -0.15) is 0 Å². The van der Waals surface area contributed by atoms with Crippen molar-refractivity contribution in [1.29, 1.82) is 0 Å². The molecule has 0 aromatic carbocycles. The minimum Gasteiger partial charge on any atom is -0.352 e. The largest absolute Gasteiger partial charge is 0.352 e. The molecule has 2 heterocycles. The number of carbonyl (C=O) groups excluding carboxylic acids is 1. The van der Waals surface area contributed by atoms with Gasteiger partial charge in [0, 0.05) is 16.3 Å². The van der Waals surface area contributed by atoms with Crippen LogP contribution in [0.5, 0.6) is 0 Å². The monoisotopic (exact) mass is 361 g/mol. The predicted octanol–water partition coefficient (Wildman–Crippen LogP) is 4.03. The molecule has 0 aliphatic heterocycles. The van der Waals surface area contributed by atoms with Crippen molar-refractivity contribution < 1.29 is 4.79 Å². The number of aryl methyl sites for hydroxylation is 3. The van der Waals surface area contributed by atoms with Crippen LogP contribution in [-0.4, -0.2) is 27.2 Å². The number of nitrogens with zero attached hydrogens (tertiary/aromatic N) is 2. The van der Waals surface area contributed by atoms with Crippen LogP contribution in [0.25, 0.3) is 10.2 Å². The van der Waals surface area contributed by atoms with Crippen molar-refractivity contribution >= 4 is 39.2 Å². The van der Waals surface area contributed by atoms with Crippen LogP contribution in [0.3, 0.4) is 0 Å². The highest BCUT2D eigenvalue weighted by Crippen LogP contribution is 2.41. The van der Waals surface area contributed by atoms with Crippen LogP contribution < -0.4 is 5.32 Å². The summed E-state index contributed by atoms with van der Waals surface area (Å²) in [7, 11) is 0. The molecule has 0 radical (unpaired) electrons. The van der Waals surface area contributed by atoms with Crippen molar-refractivity contribution in [2.75, 3.05) is 0 Å². The molecule has 2 aromatic heterocycles. The lowest BCUT2D eigenvalue weighted by atomic mass is 10.2. The minimum absolute atomic E-state index is 0.125. The fourth-order valence-electron chi connectivity index (χ4n) is 3.76. The third-order valence-corrected chi connectivity index (χ3v) is 7.27. The number of aromatic nitrogens is 2. The normalized spacial score (nSPS) is 18.9. The van der Waals surface area contributed by atoms with E-state index < -0.39 is 0 Å². The van der Waals surface area contributed by atoms with Crippen LogP contribution in [0, 0.1) is 6.92 Å². The van der Waals surface area contributed by atoms with Crippen LogP contribution in [0.1, 0.15) is 55.3 Å². The van der Waals surface area contributed by atoms with E-state index in [2.05, 4.69) is 15.3 Å². The molecular weight excluding hydrogens is 338 g/mol. The maximum Gasteiger partial charge on any atom is 0.233 e. The SMILES string of the molecule is Cc1nc(S[C@H](C)C(=O)NC2CCCC2)c2c3c(sc2n1)CCC3. The molecule has 2 aliphatic rings. The second-order valence-electron chi connectivity index (χ2n) is 6.86. The van der Waals surface area contributed by atoms with Crippen molar-refractivity contribution in [2.45, 2.75) is 75.1 Å². The van der Waals surface area contributed by atoms with E-state index in [9.17, 15) is 4.79 Å². The van der Waals surface area contributed by atoms with Crippen LogP contribution >= 0.6 is 23.1 Å². The summed E-state index contributed by atoms with van der Waals surface area (Å²) in [4.78, 5) is 24.4. The standard InChI is InChI=1S/C18H23N3OS2/c1-10(16(22)21-12-6-3-4-7-12)23-17-15-13-8-5-9-14(13)24-18(15)20-11(2)19-17/h10,12H,3-9H2,1-2H3,(H,21,22)/t10-/m1/s1. The molecule has 1 atom stereocenters. The highest BCUT2D eigenvalue weighted by atomic mass is 32.2. The summed E-state index contributed by atoms with van der Waals surface area (Å²) in [5.74, 6) is 0.941. The molecule has 1 N–H and O–H groups in total. The molecule has 128 valence electrons. The van der Waals surface area contributed by atoms with Crippen molar-refractivity contribution in [3.8, 4) is 0 Å². The van der Waals surface area contributed by atoms with Gasteiger partial charge in [-0.3, -0.25) is 4.79 Å². The number of thioether (sulfide) groups is 1. The van der Waals surface area contributed by atoms with E-state index in [0.717, 1.165) is 41.4 Å². The highest BCUT2D eigenvalue weighted by molar-refractivity contribution is 8.00. The zero-order chi connectivity index (χ0) is 16.7. The van der Waals surface area contributed by atoms with Gasteiger partial charge in [0.15, 0.2) is 0 Å². The van der Waals surface area contributed by atoms with Gasteiger partial charge in [0.05, 0.1) is 5.25 Å². The second kappa shape index (κ2) is 6.64. The Morgan fingerprint density at radius 2 is 2.04 bits per heavy atom. The molecule has 24 heavy (non-hydrogen) atoms. The number of fused-ring (bicyclic) bond motifs is 3. The van der Waals surface area contributed by atoms with Crippen molar-refractivity contribution in [3.63, 3.8) is 0 Å². The second-order valence-corrected chi connectivity index (χ2v) is 9.28. The highest BCUT2D eigenvalue weighted by Gasteiger charge is 2.26. The fraction of sp³-hybridized carbons (Fsp3) is 0.611. The number of nitrogens with one attached hydrogen (secondary N) is 1. The molecule has 1 amide bonds. The average molecular weight is 362 g/mol. The van der Waals surface area contributed by atoms with E-state index in [1.54, 1.807) is 11.8 Å². The summed E-state index contributed by atoms with van der Waals surface area (Å²) in [6.07, 6.45) is 8.23. The Morgan fingerprint density at radius 3 is 2.83 bits per heavy atom. The zero-order valence-corrected chi connectivity index (χ0v) is 15.9. The third kappa shape index (κ3) is 3.06. The summed E-state index contributed by atoms with van der Waals surface area (Å²) in [5, 5.41) is 5.29. The first-order chi connectivity index (χ1) is 11.6. The molecule has 2 aromatic rings. The number of amides is 1. The Labute approximate surface area is 150 Å². The molecular formula is C18H23N3OS2. The Balaban J connectivity index is 1.58.